The normalized spacial score (nSPS) is 15.6. The Labute approximate surface area is 131 Å². The molecule has 0 unspecified atom stereocenters. The van der Waals surface area contributed by atoms with Crippen molar-refractivity contribution in [2.75, 3.05) is 39.8 Å². The molecule has 1 fully saturated rings. The fraction of sp³-hybridized carbons (Fsp3) is 0.562. The number of nitrogens with zero attached hydrogens (tertiary/aromatic N) is 3. The van der Waals surface area contributed by atoms with Crippen LogP contribution in [-0.4, -0.2) is 66.4 Å². The van der Waals surface area contributed by atoms with Crippen LogP contribution in [0.15, 0.2) is 18.3 Å². The first kappa shape index (κ1) is 16.4. The van der Waals surface area contributed by atoms with Gasteiger partial charge in [0.25, 0.3) is 11.8 Å². The molecule has 1 saturated heterocycles. The Morgan fingerprint density at radius 3 is 2.68 bits per heavy atom. The van der Waals surface area contributed by atoms with Gasteiger partial charge in [-0.15, -0.1) is 0 Å². The molecule has 1 aliphatic heterocycles. The van der Waals surface area contributed by atoms with Crippen molar-refractivity contribution in [3.05, 3.63) is 29.6 Å². The summed E-state index contributed by atoms with van der Waals surface area (Å²) in [6, 6.07) is 3.23. The Morgan fingerprint density at radius 1 is 1.27 bits per heavy atom. The van der Waals surface area contributed by atoms with Gasteiger partial charge in [0, 0.05) is 44.5 Å². The van der Waals surface area contributed by atoms with Crippen LogP contribution < -0.4 is 5.32 Å². The van der Waals surface area contributed by atoms with Crippen LogP contribution in [0.2, 0.25) is 0 Å². The number of likely N-dealkylation sites (N-methyl/N-ethyl adjacent to an activating group) is 1. The number of pyridine rings is 1. The van der Waals surface area contributed by atoms with E-state index >= 15 is 0 Å². The SMILES string of the molecule is CCCCNC(=O)c1ccnc(C(=O)N2CCN(C)CC2)c1. The van der Waals surface area contributed by atoms with Crippen LogP contribution in [0.4, 0.5) is 0 Å². The molecule has 6 nitrogen and oxygen atoms in total. The summed E-state index contributed by atoms with van der Waals surface area (Å²) in [5.74, 6) is -0.250. The molecule has 1 aromatic rings. The molecule has 1 aliphatic rings. The molecule has 1 N–H and O–H groups in total. The highest BCUT2D eigenvalue weighted by molar-refractivity contribution is 5.98. The molecule has 6 heteroatoms. The van der Waals surface area contributed by atoms with E-state index in [1.807, 2.05) is 7.05 Å². The van der Waals surface area contributed by atoms with Crippen molar-refractivity contribution in [1.29, 1.82) is 0 Å². The van der Waals surface area contributed by atoms with Gasteiger partial charge in [-0.05, 0) is 25.6 Å². The molecule has 120 valence electrons. The zero-order valence-corrected chi connectivity index (χ0v) is 13.3. The summed E-state index contributed by atoms with van der Waals surface area (Å²) in [5, 5.41) is 2.85. The highest BCUT2D eigenvalue weighted by Crippen LogP contribution is 2.08. The van der Waals surface area contributed by atoms with E-state index in [-0.39, 0.29) is 11.8 Å². The fourth-order valence-corrected chi connectivity index (χ4v) is 2.34. The monoisotopic (exact) mass is 304 g/mol. The second-order valence-electron chi connectivity index (χ2n) is 5.63. The molecule has 0 aromatic carbocycles. The third-order valence-corrected chi connectivity index (χ3v) is 3.85. The van der Waals surface area contributed by atoms with Crippen molar-refractivity contribution in [1.82, 2.24) is 20.1 Å². The number of rotatable bonds is 5. The average molecular weight is 304 g/mol. The summed E-state index contributed by atoms with van der Waals surface area (Å²) >= 11 is 0. The lowest BCUT2D eigenvalue weighted by Gasteiger charge is -2.32. The highest BCUT2D eigenvalue weighted by Gasteiger charge is 2.22. The Bertz CT molecular complexity index is 525. The third-order valence-electron chi connectivity index (χ3n) is 3.85. The minimum atomic E-state index is -0.150. The minimum absolute atomic E-state index is 0.101. The summed E-state index contributed by atoms with van der Waals surface area (Å²) in [6.45, 7) is 5.85. The van der Waals surface area contributed by atoms with Gasteiger partial charge in [0.05, 0.1) is 0 Å². The first-order chi connectivity index (χ1) is 10.6. The lowest BCUT2D eigenvalue weighted by Crippen LogP contribution is -2.47. The summed E-state index contributed by atoms with van der Waals surface area (Å²) in [4.78, 5) is 32.6. The van der Waals surface area contributed by atoms with Crippen molar-refractivity contribution < 1.29 is 9.59 Å². The molecule has 22 heavy (non-hydrogen) atoms. The molecule has 2 amide bonds. The van der Waals surface area contributed by atoms with Crippen LogP contribution in [0, 0.1) is 0 Å². The lowest BCUT2D eigenvalue weighted by molar-refractivity contribution is 0.0658. The maximum Gasteiger partial charge on any atom is 0.272 e. The van der Waals surface area contributed by atoms with Gasteiger partial charge in [-0.2, -0.15) is 0 Å². The fourth-order valence-electron chi connectivity index (χ4n) is 2.34. The molecule has 0 aliphatic carbocycles. The number of aromatic nitrogens is 1. The Hall–Kier alpha value is -1.95. The van der Waals surface area contributed by atoms with E-state index in [0.717, 1.165) is 25.9 Å². The van der Waals surface area contributed by atoms with E-state index in [1.54, 1.807) is 17.0 Å². The topological polar surface area (TPSA) is 65.5 Å². The molecule has 2 heterocycles. The Kier molecular flexibility index (Phi) is 5.89. The van der Waals surface area contributed by atoms with Crippen molar-refractivity contribution >= 4 is 11.8 Å². The number of piperazine rings is 1. The predicted molar refractivity (Wildman–Crippen MR) is 84.9 cm³/mol. The van der Waals surface area contributed by atoms with Crippen LogP contribution in [0.3, 0.4) is 0 Å². The molecule has 0 radical (unpaired) electrons. The van der Waals surface area contributed by atoms with Gasteiger partial charge in [0.1, 0.15) is 5.69 Å². The van der Waals surface area contributed by atoms with E-state index < -0.39 is 0 Å². The quantitative estimate of drug-likeness (QED) is 0.824. The predicted octanol–water partition coefficient (Wildman–Crippen LogP) is 0.999. The van der Waals surface area contributed by atoms with Crippen molar-refractivity contribution in [3.8, 4) is 0 Å². The van der Waals surface area contributed by atoms with Crippen molar-refractivity contribution in [2.24, 2.45) is 0 Å². The van der Waals surface area contributed by atoms with E-state index in [2.05, 4.69) is 22.1 Å². The van der Waals surface area contributed by atoms with Gasteiger partial charge >= 0.3 is 0 Å². The van der Waals surface area contributed by atoms with Crippen molar-refractivity contribution in [3.63, 3.8) is 0 Å². The largest absolute Gasteiger partial charge is 0.352 e. The number of hydrogen-bond acceptors (Lipinski definition) is 4. The van der Waals surface area contributed by atoms with Crippen LogP contribution in [0.25, 0.3) is 0 Å². The highest BCUT2D eigenvalue weighted by atomic mass is 16.2. The Balaban J connectivity index is 2.01. The first-order valence-corrected chi connectivity index (χ1v) is 7.84. The molecule has 2 rings (SSSR count). The molecule has 1 aromatic heterocycles. The Morgan fingerprint density at radius 2 is 2.00 bits per heavy atom. The minimum Gasteiger partial charge on any atom is -0.352 e. The van der Waals surface area contributed by atoms with Gasteiger partial charge < -0.3 is 15.1 Å². The van der Waals surface area contributed by atoms with Gasteiger partial charge in [-0.1, -0.05) is 13.3 Å². The number of carbonyl (C=O) groups excluding carboxylic acids is 2. The average Bonchev–Trinajstić information content (AvgIpc) is 2.55. The van der Waals surface area contributed by atoms with Gasteiger partial charge in [0.2, 0.25) is 0 Å². The van der Waals surface area contributed by atoms with Crippen LogP contribution >= 0.6 is 0 Å². The smallest absolute Gasteiger partial charge is 0.272 e. The summed E-state index contributed by atoms with van der Waals surface area (Å²) in [7, 11) is 2.04. The molecule has 0 bridgehead atoms. The van der Waals surface area contributed by atoms with Crippen molar-refractivity contribution in [2.45, 2.75) is 19.8 Å². The van der Waals surface area contributed by atoms with Crippen LogP contribution in [0.1, 0.15) is 40.6 Å². The standard InChI is InChI=1S/C16H24N4O2/c1-3-4-6-18-15(21)13-5-7-17-14(12-13)16(22)20-10-8-19(2)9-11-20/h5,7,12H,3-4,6,8-11H2,1-2H3,(H,18,21). The summed E-state index contributed by atoms with van der Waals surface area (Å²) < 4.78 is 0. The molecule has 0 spiro atoms. The molecule has 0 atom stereocenters. The number of unbranched alkanes of at least 4 members (excludes halogenated alkanes) is 1. The third kappa shape index (κ3) is 4.27. The van der Waals surface area contributed by atoms with E-state index in [0.29, 0.717) is 30.9 Å². The zero-order valence-electron chi connectivity index (χ0n) is 13.3. The zero-order chi connectivity index (χ0) is 15.9. The van der Waals surface area contributed by atoms with Gasteiger partial charge in [-0.25, -0.2) is 0 Å². The number of hydrogen-bond donors (Lipinski definition) is 1. The van der Waals surface area contributed by atoms with Gasteiger partial charge in [0.15, 0.2) is 0 Å². The second-order valence-corrected chi connectivity index (χ2v) is 5.63. The molecule has 0 saturated carbocycles. The van der Waals surface area contributed by atoms with Gasteiger partial charge in [-0.3, -0.25) is 14.6 Å². The van der Waals surface area contributed by atoms with Crippen LogP contribution in [-0.2, 0) is 0 Å². The lowest BCUT2D eigenvalue weighted by atomic mass is 10.2. The number of nitrogens with one attached hydrogen (secondary N) is 1. The number of amides is 2. The maximum absolute atomic E-state index is 12.5. The molecular formula is C16H24N4O2. The summed E-state index contributed by atoms with van der Waals surface area (Å²) in [5.41, 5.74) is 0.830. The number of carbonyl (C=O) groups is 2. The molecular weight excluding hydrogens is 280 g/mol. The summed E-state index contributed by atoms with van der Waals surface area (Å²) in [6.07, 6.45) is 3.51. The second kappa shape index (κ2) is 7.89. The maximum atomic E-state index is 12.5. The van der Waals surface area contributed by atoms with Crippen LogP contribution in [0.5, 0.6) is 0 Å². The van der Waals surface area contributed by atoms with E-state index in [1.165, 1.54) is 6.20 Å². The first-order valence-electron chi connectivity index (χ1n) is 7.84. The van der Waals surface area contributed by atoms with E-state index in [9.17, 15) is 9.59 Å². The van der Waals surface area contributed by atoms with E-state index in [4.69, 9.17) is 0 Å².